The van der Waals surface area contributed by atoms with Crippen LogP contribution >= 0.6 is 0 Å². The molecular formula is C13H10O. The van der Waals surface area contributed by atoms with Crippen molar-refractivity contribution in [2.24, 2.45) is 0 Å². The van der Waals surface area contributed by atoms with Crippen molar-refractivity contribution >= 4 is 0 Å². The summed E-state index contributed by atoms with van der Waals surface area (Å²) >= 11 is 0. The Kier molecular flexibility index (Phi) is 0.534. The second kappa shape index (κ2) is 2.61. The number of hydrogen-bond donors (Lipinski definition) is 1. The normalized spacial score (nSPS) is 25.0. The van der Waals surface area contributed by atoms with Gasteiger partial charge in [0.15, 0.2) is 0 Å². The first kappa shape index (κ1) is 2.86. The van der Waals surface area contributed by atoms with Crippen LogP contribution in [0.25, 0.3) is 11.1 Å². The molecule has 0 radical (unpaired) electrons. The van der Waals surface area contributed by atoms with Crippen molar-refractivity contribution in [3.63, 3.8) is 0 Å². The van der Waals surface area contributed by atoms with Crippen LogP contribution in [0.3, 0.4) is 0 Å². The maximum absolute atomic E-state index is 9.78. The number of rotatable bonds is 0. The average molecular weight is 191 g/mol. The summed E-state index contributed by atoms with van der Waals surface area (Å²) in [6.07, 6.45) is -2.47. The van der Waals surface area contributed by atoms with Gasteiger partial charge in [-0.1, -0.05) is 30.2 Å². The van der Waals surface area contributed by atoms with E-state index < -0.39 is 60.0 Å². The van der Waals surface area contributed by atoms with E-state index in [1.165, 1.54) is 0 Å². The summed E-state index contributed by atoms with van der Waals surface area (Å²) in [6, 6.07) is -4.24. The lowest BCUT2D eigenvalue weighted by atomic mass is 10.1. The number of fused-ring (bicyclic) bond motifs is 3. The predicted molar refractivity (Wildman–Crippen MR) is 56.3 cm³/mol. The standard InChI is InChI=1S/C13H10O/c14-11-5-6-13-10(8-11)7-9-3-1-2-4-12(9)13/h1-6,8,14H,7H2/i1D,2D,3D,4D,5D,6D,7D2,8D. The molecule has 0 spiro atoms. The molecule has 0 aliphatic heterocycles. The number of aromatic hydroxyl groups is 1. The van der Waals surface area contributed by atoms with Crippen LogP contribution in [-0.2, 0) is 6.37 Å². The summed E-state index contributed by atoms with van der Waals surface area (Å²) in [4.78, 5) is 0. The van der Waals surface area contributed by atoms with Gasteiger partial charge in [-0.05, 0) is 40.7 Å². The highest BCUT2D eigenvalue weighted by molar-refractivity contribution is 5.77. The van der Waals surface area contributed by atoms with E-state index in [0.29, 0.717) is 0 Å². The van der Waals surface area contributed by atoms with Crippen LogP contribution in [0, 0.1) is 0 Å². The van der Waals surface area contributed by atoms with Crippen LogP contribution in [-0.4, -0.2) is 5.11 Å². The van der Waals surface area contributed by atoms with Crippen molar-refractivity contribution in [3.05, 3.63) is 53.4 Å². The lowest BCUT2D eigenvalue weighted by Gasteiger charge is -1.99. The van der Waals surface area contributed by atoms with Gasteiger partial charge in [-0.3, -0.25) is 0 Å². The molecule has 1 nitrogen and oxygen atoms in total. The second-order valence-corrected chi connectivity index (χ2v) is 2.85. The quantitative estimate of drug-likeness (QED) is 0.678. The van der Waals surface area contributed by atoms with Gasteiger partial charge in [-0.15, -0.1) is 0 Å². The molecule has 14 heavy (non-hydrogen) atoms. The summed E-state index contributed by atoms with van der Waals surface area (Å²) in [6.45, 7) is 0. The molecule has 1 heteroatoms. The number of phenolic OH excluding ortho intramolecular Hbond substituents is 1. The Hall–Kier alpha value is -1.76. The van der Waals surface area contributed by atoms with Crippen molar-refractivity contribution in [2.45, 2.75) is 6.37 Å². The van der Waals surface area contributed by atoms with Crippen molar-refractivity contribution in [3.8, 4) is 16.9 Å². The Bertz CT molecular complexity index is 817. The third-order valence-corrected chi connectivity index (χ3v) is 1.99. The van der Waals surface area contributed by atoms with Crippen LogP contribution in [0.1, 0.15) is 23.5 Å². The zero-order chi connectivity index (χ0) is 17.4. The molecule has 0 amide bonds. The fourth-order valence-corrected chi connectivity index (χ4v) is 1.40. The fraction of sp³-hybridized carbons (Fsp3) is 0.0769. The Balaban J connectivity index is 2.63. The monoisotopic (exact) mass is 191 g/mol. The molecule has 1 aliphatic carbocycles. The largest absolute Gasteiger partial charge is 0.508 e. The van der Waals surface area contributed by atoms with Crippen LogP contribution in [0.5, 0.6) is 5.75 Å². The SMILES string of the molecule is [2H]c1c([2H])c([2H])c2c(c1[2H])-c1c([2H])c([2H])c(O)c([2H])c1C2([2H])[2H]. The van der Waals surface area contributed by atoms with Crippen LogP contribution in [0.2, 0.25) is 0 Å². The molecule has 3 rings (SSSR count). The molecule has 0 fully saturated rings. The van der Waals surface area contributed by atoms with Crippen molar-refractivity contribution in [1.82, 2.24) is 0 Å². The molecule has 68 valence electrons. The molecule has 0 bridgehead atoms. The van der Waals surface area contributed by atoms with E-state index >= 15 is 0 Å². The zero-order valence-electron chi connectivity index (χ0n) is 15.9. The Morgan fingerprint density at radius 3 is 2.79 bits per heavy atom. The highest BCUT2D eigenvalue weighted by Gasteiger charge is 2.17. The van der Waals surface area contributed by atoms with Crippen molar-refractivity contribution in [1.29, 1.82) is 0 Å². The third-order valence-electron chi connectivity index (χ3n) is 1.99. The van der Waals surface area contributed by atoms with Gasteiger partial charge < -0.3 is 5.11 Å². The number of hydrogen-bond acceptors (Lipinski definition) is 1. The first-order valence-electron chi connectivity index (χ1n) is 8.47. The van der Waals surface area contributed by atoms with Gasteiger partial charge in [0.25, 0.3) is 0 Å². The minimum Gasteiger partial charge on any atom is -0.508 e. The Morgan fingerprint density at radius 1 is 1.07 bits per heavy atom. The molecule has 0 aromatic heterocycles. The summed E-state index contributed by atoms with van der Waals surface area (Å²) in [5, 5.41) is 9.78. The van der Waals surface area contributed by atoms with E-state index in [1.807, 2.05) is 0 Å². The fourth-order valence-electron chi connectivity index (χ4n) is 1.40. The maximum Gasteiger partial charge on any atom is 0.115 e. The predicted octanol–water partition coefficient (Wildman–Crippen LogP) is 2.96. The zero-order valence-corrected chi connectivity index (χ0v) is 6.95. The van der Waals surface area contributed by atoms with Gasteiger partial charge >= 0.3 is 0 Å². The number of phenols is 1. The minimum atomic E-state index is -2.47. The molecule has 1 N–H and O–H groups in total. The molecule has 2 aromatic rings. The Morgan fingerprint density at radius 2 is 1.86 bits per heavy atom. The molecule has 0 saturated heterocycles. The first-order valence-corrected chi connectivity index (χ1v) is 3.97. The first-order chi connectivity index (χ1) is 10.5. The second-order valence-electron chi connectivity index (χ2n) is 2.85. The van der Waals surface area contributed by atoms with Gasteiger partial charge in [0.2, 0.25) is 0 Å². The third kappa shape index (κ3) is 0.956. The summed E-state index contributed by atoms with van der Waals surface area (Å²) in [5.41, 5.74) is -1.23. The van der Waals surface area contributed by atoms with E-state index in [1.54, 1.807) is 0 Å². The highest BCUT2D eigenvalue weighted by atomic mass is 16.3. The Labute approximate surface area is 95.3 Å². The van der Waals surface area contributed by atoms with E-state index in [2.05, 4.69) is 0 Å². The molecule has 0 atom stereocenters. The maximum atomic E-state index is 9.78. The lowest BCUT2D eigenvalue weighted by molar-refractivity contribution is 0.475. The van der Waals surface area contributed by atoms with Crippen molar-refractivity contribution in [2.75, 3.05) is 0 Å². The lowest BCUT2D eigenvalue weighted by Crippen LogP contribution is -1.78. The average Bonchev–Trinajstić information content (AvgIpc) is 2.74. The summed E-state index contributed by atoms with van der Waals surface area (Å²) in [7, 11) is 0. The molecular weight excluding hydrogens is 172 g/mol. The van der Waals surface area contributed by atoms with Gasteiger partial charge in [0, 0.05) is 2.74 Å². The van der Waals surface area contributed by atoms with Crippen molar-refractivity contribution < 1.29 is 17.4 Å². The van der Waals surface area contributed by atoms with Crippen LogP contribution in [0.4, 0.5) is 0 Å². The highest BCUT2D eigenvalue weighted by Crippen LogP contribution is 2.37. The smallest absolute Gasteiger partial charge is 0.115 e. The summed E-state index contributed by atoms with van der Waals surface area (Å²) in [5.74, 6) is -0.847. The molecule has 2 aromatic carbocycles. The van der Waals surface area contributed by atoms with E-state index in [-0.39, 0.29) is 16.7 Å². The molecule has 0 unspecified atom stereocenters. The van der Waals surface area contributed by atoms with E-state index in [9.17, 15) is 5.11 Å². The van der Waals surface area contributed by atoms with E-state index in [4.69, 9.17) is 12.3 Å². The minimum absolute atomic E-state index is 0.219. The van der Waals surface area contributed by atoms with Gasteiger partial charge in [0.05, 0.1) is 9.60 Å². The van der Waals surface area contributed by atoms with E-state index in [0.717, 1.165) is 0 Å². The molecule has 0 heterocycles. The van der Waals surface area contributed by atoms with Crippen LogP contribution in [0.15, 0.2) is 42.3 Å². The van der Waals surface area contributed by atoms with Gasteiger partial charge in [0.1, 0.15) is 5.75 Å². The molecule has 1 aliphatic rings. The topological polar surface area (TPSA) is 20.2 Å². The number of benzene rings is 2. The van der Waals surface area contributed by atoms with Crippen LogP contribution < -0.4 is 0 Å². The van der Waals surface area contributed by atoms with Gasteiger partial charge in [-0.25, -0.2) is 0 Å². The van der Waals surface area contributed by atoms with Gasteiger partial charge in [-0.2, -0.15) is 0 Å². The molecule has 0 saturated carbocycles. The summed E-state index contributed by atoms with van der Waals surface area (Å²) < 4.78 is 71.3.